The quantitative estimate of drug-likeness (QED) is 0.584. The first-order valence-electron chi connectivity index (χ1n) is 8.47. The largest absolute Gasteiger partial charge is 0.444 e. The van der Waals surface area contributed by atoms with Gasteiger partial charge in [-0.05, 0) is 33.6 Å². The van der Waals surface area contributed by atoms with Crippen LogP contribution in [0.15, 0.2) is 4.99 Å². The molecule has 0 bridgehead atoms. The molecule has 2 rings (SSSR count). The highest BCUT2D eigenvalue weighted by Gasteiger charge is 2.27. The van der Waals surface area contributed by atoms with E-state index in [-0.39, 0.29) is 18.1 Å². The van der Waals surface area contributed by atoms with Crippen LogP contribution in [0.2, 0.25) is 0 Å². The molecule has 2 atom stereocenters. The second-order valence-corrected chi connectivity index (χ2v) is 7.41. The summed E-state index contributed by atoms with van der Waals surface area (Å²) < 4.78 is 5.38. The number of ether oxygens (including phenoxy) is 1. The van der Waals surface area contributed by atoms with Gasteiger partial charge in [0.2, 0.25) is 0 Å². The molecule has 2 aliphatic rings. The van der Waals surface area contributed by atoms with E-state index in [4.69, 9.17) is 10.5 Å². The third-order valence-electron chi connectivity index (χ3n) is 4.36. The normalized spacial score (nSPS) is 26.5. The molecule has 2 fully saturated rings. The number of hydrogen-bond acceptors (Lipinski definition) is 4. The lowest BCUT2D eigenvalue weighted by molar-refractivity contribution is 0.0186. The summed E-state index contributed by atoms with van der Waals surface area (Å²) in [5.41, 5.74) is 5.58. The molecule has 7 nitrogen and oxygen atoms in total. The standard InChI is InChI=1S/C16H30N4O3/c1-16(2,3)23-15(22)20-9-7-19(8-10-20)14(17)18-11-12-5-4-6-13(12)21/h12-13,21H,4-11H2,1-3H3,(H2,17,18). The minimum absolute atomic E-state index is 0.233. The number of aliphatic imine (C=N–C) groups is 1. The van der Waals surface area contributed by atoms with E-state index < -0.39 is 5.60 Å². The summed E-state index contributed by atoms with van der Waals surface area (Å²) in [5, 5.41) is 9.82. The number of rotatable bonds is 2. The zero-order valence-corrected chi connectivity index (χ0v) is 14.5. The molecule has 1 aliphatic heterocycles. The predicted octanol–water partition coefficient (Wildman–Crippen LogP) is 1.01. The Morgan fingerprint density at radius 2 is 1.83 bits per heavy atom. The van der Waals surface area contributed by atoms with Crippen molar-refractivity contribution in [3.63, 3.8) is 0 Å². The molecule has 132 valence electrons. The maximum absolute atomic E-state index is 12.0. The molecule has 1 saturated carbocycles. The fourth-order valence-electron chi connectivity index (χ4n) is 2.99. The Kier molecular flexibility index (Phi) is 5.73. The van der Waals surface area contributed by atoms with Crippen LogP contribution in [0.25, 0.3) is 0 Å². The number of carbonyl (C=O) groups excluding carboxylic acids is 1. The van der Waals surface area contributed by atoms with Crippen LogP contribution in [0, 0.1) is 5.92 Å². The molecule has 23 heavy (non-hydrogen) atoms. The van der Waals surface area contributed by atoms with Crippen LogP contribution in [0.1, 0.15) is 40.0 Å². The van der Waals surface area contributed by atoms with E-state index in [1.807, 2.05) is 25.7 Å². The lowest BCUT2D eigenvalue weighted by Crippen LogP contribution is -2.53. The number of nitrogens with two attached hydrogens (primary N) is 1. The van der Waals surface area contributed by atoms with Gasteiger partial charge in [-0.1, -0.05) is 6.42 Å². The molecule has 0 aromatic rings. The molecule has 1 heterocycles. The van der Waals surface area contributed by atoms with Crippen molar-refractivity contribution < 1.29 is 14.6 Å². The smallest absolute Gasteiger partial charge is 0.410 e. The molecule has 3 N–H and O–H groups in total. The van der Waals surface area contributed by atoms with Gasteiger partial charge < -0.3 is 25.4 Å². The molecule has 1 amide bonds. The van der Waals surface area contributed by atoms with Crippen LogP contribution in [0.5, 0.6) is 0 Å². The molecule has 7 heteroatoms. The monoisotopic (exact) mass is 326 g/mol. The first-order chi connectivity index (χ1) is 10.8. The highest BCUT2D eigenvalue weighted by molar-refractivity contribution is 5.78. The predicted molar refractivity (Wildman–Crippen MR) is 89.2 cm³/mol. The van der Waals surface area contributed by atoms with Crippen LogP contribution in [-0.4, -0.2) is 71.4 Å². The summed E-state index contributed by atoms with van der Waals surface area (Å²) in [6.07, 6.45) is 2.44. The minimum atomic E-state index is -0.475. The van der Waals surface area contributed by atoms with E-state index in [1.54, 1.807) is 4.90 Å². The van der Waals surface area contributed by atoms with Gasteiger partial charge in [-0.2, -0.15) is 0 Å². The van der Waals surface area contributed by atoms with E-state index in [9.17, 15) is 9.90 Å². The second-order valence-electron chi connectivity index (χ2n) is 7.41. The number of guanidine groups is 1. The van der Waals surface area contributed by atoms with Gasteiger partial charge in [-0.25, -0.2) is 4.79 Å². The van der Waals surface area contributed by atoms with E-state index in [1.165, 1.54) is 0 Å². The number of aliphatic hydroxyl groups is 1. The van der Waals surface area contributed by atoms with Gasteiger partial charge in [0.05, 0.1) is 6.10 Å². The fourth-order valence-corrected chi connectivity index (χ4v) is 2.99. The Morgan fingerprint density at radius 3 is 2.35 bits per heavy atom. The van der Waals surface area contributed by atoms with Crippen molar-refractivity contribution in [3.05, 3.63) is 0 Å². The Bertz CT molecular complexity index is 439. The Balaban J connectivity index is 1.78. The lowest BCUT2D eigenvalue weighted by atomic mass is 10.1. The number of piperazine rings is 1. The molecular weight excluding hydrogens is 296 g/mol. The van der Waals surface area contributed by atoms with Gasteiger partial charge in [0.25, 0.3) is 0 Å². The third kappa shape index (κ3) is 5.27. The maximum atomic E-state index is 12.0. The van der Waals surface area contributed by atoms with Crippen molar-refractivity contribution >= 4 is 12.1 Å². The van der Waals surface area contributed by atoms with Crippen molar-refractivity contribution in [3.8, 4) is 0 Å². The van der Waals surface area contributed by atoms with Gasteiger partial charge in [0.15, 0.2) is 5.96 Å². The van der Waals surface area contributed by atoms with Crippen LogP contribution >= 0.6 is 0 Å². The van der Waals surface area contributed by atoms with E-state index in [2.05, 4.69) is 4.99 Å². The van der Waals surface area contributed by atoms with Gasteiger partial charge in [-0.15, -0.1) is 0 Å². The molecule has 0 aromatic carbocycles. The van der Waals surface area contributed by atoms with Gasteiger partial charge in [-0.3, -0.25) is 4.99 Å². The number of hydrogen-bond donors (Lipinski definition) is 2. The van der Waals surface area contributed by atoms with E-state index in [0.717, 1.165) is 19.3 Å². The summed E-state index contributed by atoms with van der Waals surface area (Å²) in [6, 6.07) is 0. The van der Waals surface area contributed by atoms with Crippen LogP contribution in [0.4, 0.5) is 4.79 Å². The maximum Gasteiger partial charge on any atom is 0.410 e. The van der Waals surface area contributed by atoms with Crippen molar-refractivity contribution in [1.82, 2.24) is 9.80 Å². The van der Waals surface area contributed by atoms with E-state index >= 15 is 0 Å². The van der Waals surface area contributed by atoms with Crippen LogP contribution in [0.3, 0.4) is 0 Å². The molecular formula is C16H30N4O3. The summed E-state index contributed by atoms with van der Waals surface area (Å²) in [6.45, 7) is 8.65. The molecule has 0 radical (unpaired) electrons. The molecule has 0 spiro atoms. The Labute approximate surface area is 138 Å². The summed E-state index contributed by atoms with van der Waals surface area (Å²) in [4.78, 5) is 20.1. The van der Waals surface area contributed by atoms with Crippen LogP contribution < -0.4 is 5.73 Å². The average molecular weight is 326 g/mol. The summed E-state index contributed by atoms with van der Waals surface area (Å²) in [7, 11) is 0. The second kappa shape index (κ2) is 7.38. The highest BCUT2D eigenvalue weighted by Crippen LogP contribution is 2.25. The first kappa shape index (κ1) is 17.8. The number of carbonyl (C=O) groups is 1. The highest BCUT2D eigenvalue weighted by atomic mass is 16.6. The van der Waals surface area contributed by atoms with Crippen LogP contribution in [-0.2, 0) is 4.74 Å². The molecule has 2 unspecified atom stereocenters. The average Bonchev–Trinajstić information content (AvgIpc) is 2.88. The minimum Gasteiger partial charge on any atom is -0.444 e. The molecule has 0 aromatic heterocycles. The number of amides is 1. The van der Waals surface area contributed by atoms with E-state index in [0.29, 0.717) is 38.7 Å². The van der Waals surface area contributed by atoms with Crippen molar-refractivity contribution in [1.29, 1.82) is 0 Å². The zero-order valence-electron chi connectivity index (χ0n) is 14.5. The molecule has 1 aliphatic carbocycles. The topological polar surface area (TPSA) is 91.4 Å². The first-order valence-corrected chi connectivity index (χ1v) is 8.47. The lowest BCUT2D eigenvalue weighted by Gasteiger charge is -2.36. The summed E-state index contributed by atoms with van der Waals surface area (Å²) in [5.74, 6) is 0.740. The number of nitrogens with zero attached hydrogens (tertiary/aromatic N) is 3. The fraction of sp³-hybridized carbons (Fsp3) is 0.875. The third-order valence-corrected chi connectivity index (χ3v) is 4.36. The SMILES string of the molecule is CC(C)(C)OC(=O)N1CCN(C(N)=NCC2CCCC2O)CC1. The van der Waals surface area contributed by atoms with Gasteiger partial charge in [0, 0.05) is 38.6 Å². The summed E-state index contributed by atoms with van der Waals surface area (Å²) >= 11 is 0. The zero-order chi connectivity index (χ0) is 17.0. The Hall–Kier alpha value is -1.50. The Morgan fingerprint density at radius 1 is 1.22 bits per heavy atom. The van der Waals surface area contributed by atoms with Gasteiger partial charge >= 0.3 is 6.09 Å². The molecule has 1 saturated heterocycles. The number of aliphatic hydroxyl groups excluding tert-OH is 1. The van der Waals surface area contributed by atoms with Crippen molar-refractivity contribution in [2.24, 2.45) is 16.6 Å². The van der Waals surface area contributed by atoms with Gasteiger partial charge in [0.1, 0.15) is 5.60 Å². The van der Waals surface area contributed by atoms with Crippen molar-refractivity contribution in [2.75, 3.05) is 32.7 Å². The van der Waals surface area contributed by atoms with Crippen molar-refractivity contribution in [2.45, 2.75) is 51.7 Å².